The third-order valence-electron chi connectivity index (χ3n) is 1.13. The molecule has 0 fully saturated rings. The molecule has 0 bridgehead atoms. The standard InChI is InChI=1S/C7H7AsO/c1-5-2-3-6(8)7(9)4-5/h2-4,9H,1H3. The molecule has 0 aromatic heterocycles. The van der Waals surface area contributed by atoms with Crippen molar-refractivity contribution < 1.29 is 5.11 Å². The number of rotatable bonds is 0. The average Bonchev–Trinajstić information content (AvgIpc) is 1.80. The molecule has 0 spiro atoms. The average molecular weight is 182 g/mol. The van der Waals surface area contributed by atoms with E-state index in [1.54, 1.807) is 6.07 Å². The van der Waals surface area contributed by atoms with Gasteiger partial charge in [0.15, 0.2) is 0 Å². The van der Waals surface area contributed by atoms with Crippen LogP contribution < -0.4 is 4.35 Å². The summed E-state index contributed by atoms with van der Waals surface area (Å²) in [7, 11) is 0. The number of hydrogen-bond acceptors (Lipinski definition) is 1. The van der Waals surface area contributed by atoms with E-state index in [-0.39, 0.29) is 0 Å². The van der Waals surface area contributed by atoms with Gasteiger partial charge >= 0.3 is 62.7 Å². The number of benzene rings is 1. The van der Waals surface area contributed by atoms with Gasteiger partial charge in [0.2, 0.25) is 0 Å². The maximum absolute atomic E-state index is 9.08. The van der Waals surface area contributed by atoms with Gasteiger partial charge in [-0.15, -0.1) is 0 Å². The molecule has 9 heavy (non-hydrogen) atoms. The maximum atomic E-state index is 9.08. The number of phenolic OH excluding ortho intramolecular Hbond substituents is 1. The van der Waals surface area contributed by atoms with Crippen LogP contribution in [0.5, 0.6) is 5.75 Å². The predicted octanol–water partition coefficient (Wildman–Crippen LogP) is 0.494. The van der Waals surface area contributed by atoms with Crippen LogP contribution in [-0.2, 0) is 0 Å². The number of hydrogen-bond donors (Lipinski definition) is 1. The SMILES string of the molecule is Cc1ccc([As])c(O)c1. The van der Waals surface area contributed by atoms with E-state index in [2.05, 4.69) is 16.9 Å². The minimum absolute atomic E-state index is 0.356. The molecule has 0 atom stereocenters. The molecule has 1 nitrogen and oxygen atoms in total. The summed E-state index contributed by atoms with van der Waals surface area (Å²) in [4.78, 5) is 0. The van der Waals surface area contributed by atoms with E-state index in [0.29, 0.717) is 5.75 Å². The summed E-state index contributed by atoms with van der Waals surface area (Å²) in [6.45, 7) is 1.95. The monoisotopic (exact) mass is 182 g/mol. The van der Waals surface area contributed by atoms with E-state index in [9.17, 15) is 0 Å². The van der Waals surface area contributed by atoms with Crippen LogP contribution in [0, 0.1) is 6.92 Å². The van der Waals surface area contributed by atoms with Crippen LogP contribution in [-0.4, -0.2) is 22.0 Å². The summed E-state index contributed by atoms with van der Waals surface area (Å²) in [5, 5.41) is 9.08. The Morgan fingerprint density at radius 2 is 2.11 bits per heavy atom. The van der Waals surface area contributed by atoms with Crippen LogP contribution in [0.15, 0.2) is 18.2 Å². The third-order valence-corrected chi connectivity index (χ3v) is 1.92. The zero-order chi connectivity index (χ0) is 6.85. The van der Waals surface area contributed by atoms with Crippen molar-refractivity contribution in [3.8, 4) is 5.75 Å². The molecule has 1 N–H and O–H groups in total. The molecular formula is C7H7AsO. The first-order valence-corrected chi connectivity index (χ1v) is 3.62. The van der Waals surface area contributed by atoms with Gasteiger partial charge < -0.3 is 0 Å². The zero-order valence-corrected chi connectivity index (χ0v) is 7.00. The molecule has 0 unspecified atom stereocenters. The first-order chi connectivity index (χ1) is 4.20. The Balaban J connectivity index is 3.17. The van der Waals surface area contributed by atoms with Crippen molar-refractivity contribution in [1.29, 1.82) is 0 Å². The van der Waals surface area contributed by atoms with Crippen molar-refractivity contribution in [2.45, 2.75) is 6.92 Å². The molecule has 1 aromatic rings. The molecule has 1 rings (SSSR count). The van der Waals surface area contributed by atoms with Gasteiger partial charge in [0.1, 0.15) is 0 Å². The van der Waals surface area contributed by atoms with Crippen LogP contribution in [0.3, 0.4) is 0 Å². The Kier molecular flexibility index (Phi) is 1.82. The second-order valence-corrected chi connectivity index (χ2v) is 3.00. The van der Waals surface area contributed by atoms with Crippen LogP contribution in [0.4, 0.5) is 0 Å². The molecule has 0 aliphatic rings. The molecule has 2 radical (unpaired) electrons. The molecule has 0 amide bonds. The summed E-state index contributed by atoms with van der Waals surface area (Å²) in [6, 6.07) is 5.59. The Morgan fingerprint density at radius 3 is 2.56 bits per heavy atom. The van der Waals surface area contributed by atoms with Gasteiger partial charge in [-0.3, -0.25) is 0 Å². The van der Waals surface area contributed by atoms with E-state index >= 15 is 0 Å². The van der Waals surface area contributed by atoms with E-state index in [4.69, 9.17) is 5.11 Å². The van der Waals surface area contributed by atoms with Gasteiger partial charge in [-0.05, 0) is 0 Å². The van der Waals surface area contributed by atoms with Crippen molar-refractivity contribution in [3.05, 3.63) is 23.8 Å². The van der Waals surface area contributed by atoms with Gasteiger partial charge in [0.05, 0.1) is 0 Å². The normalized spacial score (nSPS) is 9.56. The van der Waals surface area contributed by atoms with Crippen molar-refractivity contribution in [2.24, 2.45) is 0 Å². The second kappa shape index (κ2) is 2.45. The Labute approximate surface area is 63.2 Å². The van der Waals surface area contributed by atoms with Gasteiger partial charge in [-0.25, -0.2) is 0 Å². The fourth-order valence-electron chi connectivity index (χ4n) is 0.633. The summed E-state index contributed by atoms with van der Waals surface area (Å²) in [6.07, 6.45) is 0. The molecule has 0 saturated carbocycles. The summed E-state index contributed by atoms with van der Waals surface area (Å²) >= 11 is 2.32. The first kappa shape index (κ1) is 6.70. The minimum atomic E-state index is 0.356. The Morgan fingerprint density at radius 1 is 1.44 bits per heavy atom. The molecule has 0 aliphatic carbocycles. The first-order valence-electron chi connectivity index (χ1n) is 2.69. The van der Waals surface area contributed by atoms with Crippen molar-refractivity contribution in [1.82, 2.24) is 0 Å². The van der Waals surface area contributed by atoms with Crippen molar-refractivity contribution >= 4 is 21.2 Å². The summed E-state index contributed by atoms with van der Waals surface area (Å²) < 4.78 is 0.869. The van der Waals surface area contributed by atoms with Crippen LogP contribution in [0.25, 0.3) is 0 Å². The quantitative estimate of drug-likeness (QED) is 0.579. The number of aryl methyl sites for hydroxylation is 1. The molecule has 46 valence electrons. The number of phenols is 1. The van der Waals surface area contributed by atoms with Crippen LogP contribution in [0.2, 0.25) is 0 Å². The van der Waals surface area contributed by atoms with E-state index in [0.717, 1.165) is 9.91 Å². The molecular weight excluding hydrogens is 175 g/mol. The second-order valence-electron chi connectivity index (χ2n) is 1.99. The van der Waals surface area contributed by atoms with Crippen LogP contribution in [0.1, 0.15) is 5.56 Å². The fourth-order valence-corrected chi connectivity index (χ4v) is 0.925. The molecule has 0 heterocycles. The van der Waals surface area contributed by atoms with E-state index in [1.165, 1.54) is 0 Å². The van der Waals surface area contributed by atoms with Gasteiger partial charge in [-0.2, -0.15) is 0 Å². The summed E-state index contributed by atoms with van der Waals surface area (Å²) in [5.41, 5.74) is 1.09. The summed E-state index contributed by atoms with van der Waals surface area (Å²) in [5.74, 6) is 0.356. The van der Waals surface area contributed by atoms with Crippen molar-refractivity contribution in [3.63, 3.8) is 0 Å². The van der Waals surface area contributed by atoms with Gasteiger partial charge in [0, 0.05) is 0 Å². The van der Waals surface area contributed by atoms with E-state index in [1.807, 2.05) is 19.1 Å². The van der Waals surface area contributed by atoms with Crippen molar-refractivity contribution in [2.75, 3.05) is 0 Å². The van der Waals surface area contributed by atoms with Gasteiger partial charge in [0.25, 0.3) is 0 Å². The Hall–Kier alpha value is -0.422. The number of aromatic hydroxyl groups is 1. The predicted molar refractivity (Wildman–Crippen MR) is 38.2 cm³/mol. The fraction of sp³-hybridized carbons (Fsp3) is 0.143. The molecule has 1 aromatic carbocycles. The Bertz CT molecular complexity index is 220. The molecule has 2 heteroatoms. The molecule has 0 saturated heterocycles. The zero-order valence-electron chi connectivity index (χ0n) is 5.13. The topological polar surface area (TPSA) is 20.2 Å². The van der Waals surface area contributed by atoms with Gasteiger partial charge in [-0.1, -0.05) is 0 Å². The molecule has 0 aliphatic heterocycles. The third kappa shape index (κ3) is 1.49. The van der Waals surface area contributed by atoms with E-state index < -0.39 is 0 Å². The van der Waals surface area contributed by atoms with Crippen LogP contribution >= 0.6 is 0 Å².